The highest BCUT2D eigenvalue weighted by atomic mass is 32.2. The molecule has 0 aliphatic rings. The number of hydrogen-bond donors (Lipinski definition) is 2. The minimum Gasteiger partial charge on any atom is -0.325 e. The number of carbonyl (C=O) groups excluding carboxylic acids is 1. The Morgan fingerprint density at radius 1 is 1.52 bits per heavy atom. The van der Waals surface area contributed by atoms with Crippen LogP contribution in [0.5, 0.6) is 0 Å². The third kappa shape index (κ3) is 4.02. The average Bonchev–Trinajstić information content (AvgIpc) is 2.91. The van der Waals surface area contributed by atoms with Crippen molar-refractivity contribution in [2.75, 3.05) is 17.3 Å². The maximum atomic E-state index is 12.0. The summed E-state index contributed by atoms with van der Waals surface area (Å²) in [5.74, 6) is 1.31. The summed E-state index contributed by atoms with van der Waals surface area (Å²) in [6.07, 6.45) is 2.64. The fourth-order valence-electron chi connectivity index (χ4n) is 1.82. The van der Waals surface area contributed by atoms with Gasteiger partial charge in [-0.1, -0.05) is 12.1 Å². The summed E-state index contributed by atoms with van der Waals surface area (Å²) in [4.78, 5) is 12.0. The van der Waals surface area contributed by atoms with Gasteiger partial charge >= 0.3 is 0 Å². The number of thioether (sulfide) groups is 1. The first-order valence-corrected chi connectivity index (χ1v) is 7.89. The molecule has 0 aliphatic carbocycles. The molecule has 0 unspecified atom stereocenters. The number of amides is 1. The zero-order valence-electron chi connectivity index (χ0n) is 12.0. The minimum atomic E-state index is -0.502. The van der Waals surface area contributed by atoms with Crippen molar-refractivity contribution in [3.8, 4) is 11.4 Å². The molecule has 2 rings (SSSR count). The van der Waals surface area contributed by atoms with E-state index < -0.39 is 6.04 Å². The first kappa shape index (κ1) is 15.5. The Bertz CT molecular complexity index is 614. The molecule has 3 N–H and O–H groups in total. The van der Waals surface area contributed by atoms with Crippen LogP contribution >= 0.6 is 11.8 Å². The van der Waals surface area contributed by atoms with Gasteiger partial charge in [0.1, 0.15) is 0 Å². The fourth-order valence-corrected chi connectivity index (χ4v) is 2.31. The van der Waals surface area contributed by atoms with Gasteiger partial charge in [0.25, 0.3) is 0 Å². The number of hydrogen-bond acceptors (Lipinski definition) is 6. The number of rotatable bonds is 6. The molecular formula is C13H18N6OS. The number of tetrazole rings is 1. The van der Waals surface area contributed by atoms with E-state index in [-0.39, 0.29) is 5.91 Å². The maximum Gasteiger partial charge on any atom is 0.241 e. The van der Waals surface area contributed by atoms with Gasteiger partial charge in [-0.25, -0.2) is 4.68 Å². The summed E-state index contributed by atoms with van der Waals surface area (Å²) in [6, 6.07) is 6.86. The summed E-state index contributed by atoms with van der Waals surface area (Å²) < 4.78 is 1.57. The number of aromatic nitrogens is 4. The molecule has 8 heteroatoms. The molecule has 21 heavy (non-hydrogen) atoms. The monoisotopic (exact) mass is 306 g/mol. The van der Waals surface area contributed by atoms with E-state index in [0.29, 0.717) is 17.9 Å². The molecule has 112 valence electrons. The highest BCUT2D eigenvalue weighted by Gasteiger charge is 2.14. The molecule has 0 bridgehead atoms. The van der Waals surface area contributed by atoms with Crippen molar-refractivity contribution in [1.82, 2.24) is 20.2 Å². The Labute approximate surface area is 127 Å². The minimum absolute atomic E-state index is 0.183. The van der Waals surface area contributed by atoms with Crippen molar-refractivity contribution < 1.29 is 4.79 Å². The number of nitrogens with zero attached hydrogens (tertiary/aromatic N) is 4. The third-order valence-corrected chi connectivity index (χ3v) is 3.62. The summed E-state index contributed by atoms with van der Waals surface area (Å²) >= 11 is 1.67. The third-order valence-electron chi connectivity index (χ3n) is 2.98. The zero-order valence-corrected chi connectivity index (χ0v) is 12.8. The SMILES string of the molecule is CSCC[C@H](N)C(=O)Nc1cccc(-c2nnnn2C)c1. The lowest BCUT2D eigenvalue weighted by Gasteiger charge is -2.12. The summed E-state index contributed by atoms with van der Waals surface area (Å²) in [6.45, 7) is 0. The Morgan fingerprint density at radius 3 is 3.00 bits per heavy atom. The summed E-state index contributed by atoms with van der Waals surface area (Å²) in [5, 5.41) is 14.2. The van der Waals surface area contributed by atoms with Gasteiger partial charge in [-0.05, 0) is 41.0 Å². The lowest BCUT2D eigenvalue weighted by molar-refractivity contribution is -0.117. The highest BCUT2D eigenvalue weighted by molar-refractivity contribution is 7.98. The van der Waals surface area contributed by atoms with E-state index in [1.54, 1.807) is 23.5 Å². The van der Waals surface area contributed by atoms with Crippen molar-refractivity contribution in [3.05, 3.63) is 24.3 Å². The van der Waals surface area contributed by atoms with Crippen LogP contribution in [0.3, 0.4) is 0 Å². The molecule has 0 aliphatic heterocycles. The van der Waals surface area contributed by atoms with Crippen molar-refractivity contribution in [1.29, 1.82) is 0 Å². The zero-order chi connectivity index (χ0) is 15.2. The largest absolute Gasteiger partial charge is 0.325 e. The summed E-state index contributed by atoms with van der Waals surface area (Å²) in [5.41, 5.74) is 7.36. The first-order chi connectivity index (χ1) is 10.1. The van der Waals surface area contributed by atoms with Crippen LogP contribution in [-0.2, 0) is 11.8 Å². The number of aryl methyl sites for hydroxylation is 1. The lowest BCUT2D eigenvalue weighted by Crippen LogP contribution is -2.36. The van der Waals surface area contributed by atoms with Crippen molar-refractivity contribution in [2.45, 2.75) is 12.5 Å². The Morgan fingerprint density at radius 2 is 2.33 bits per heavy atom. The van der Waals surface area contributed by atoms with E-state index in [0.717, 1.165) is 11.3 Å². The topological polar surface area (TPSA) is 98.7 Å². The highest BCUT2D eigenvalue weighted by Crippen LogP contribution is 2.19. The number of carbonyl (C=O) groups is 1. The van der Waals surface area contributed by atoms with Crippen LogP contribution in [0.4, 0.5) is 5.69 Å². The van der Waals surface area contributed by atoms with Crippen molar-refractivity contribution in [2.24, 2.45) is 12.8 Å². The van der Waals surface area contributed by atoms with E-state index in [1.807, 2.05) is 30.5 Å². The van der Waals surface area contributed by atoms with Crippen molar-refractivity contribution in [3.63, 3.8) is 0 Å². The predicted octanol–water partition coefficient (Wildman–Crippen LogP) is 0.896. The Balaban J connectivity index is 2.08. The van der Waals surface area contributed by atoms with E-state index in [1.165, 1.54) is 0 Å². The van der Waals surface area contributed by atoms with E-state index in [4.69, 9.17) is 5.73 Å². The molecule has 1 aromatic heterocycles. The van der Waals surface area contributed by atoms with Gasteiger partial charge in [0.15, 0.2) is 5.82 Å². The van der Waals surface area contributed by atoms with Gasteiger partial charge in [-0.15, -0.1) is 5.10 Å². The molecule has 1 heterocycles. The second kappa shape index (κ2) is 7.19. The van der Waals surface area contributed by atoms with Gasteiger partial charge in [-0.2, -0.15) is 11.8 Å². The second-order valence-electron chi connectivity index (χ2n) is 4.58. The quantitative estimate of drug-likeness (QED) is 0.822. The number of nitrogens with one attached hydrogen (secondary N) is 1. The van der Waals surface area contributed by atoms with Gasteiger partial charge in [-0.3, -0.25) is 4.79 Å². The number of benzene rings is 1. The number of anilines is 1. The first-order valence-electron chi connectivity index (χ1n) is 6.50. The molecule has 0 fully saturated rings. The smallest absolute Gasteiger partial charge is 0.241 e. The molecule has 0 saturated heterocycles. The van der Waals surface area contributed by atoms with Crippen LogP contribution in [0.1, 0.15) is 6.42 Å². The van der Waals surface area contributed by atoms with Crippen LogP contribution in [0.2, 0.25) is 0 Å². The second-order valence-corrected chi connectivity index (χ2v) is 5.57. The van der Waals surface area contributed by atoms with Crippen LogP contribution in [0.25, 0.3) is 11.4 Å². The van der Waals surface area contributed by atoms with Gasteiger partial charge in [0, 0.05) is 18.3 Å². The molecule has 0 radical (unpaired) electrons. The Kier molecular flexibility index (Phi) is 5.29. The molecule has 1 aromatic carbocycles. The number of nitrogens with two attached hydrogens (primary N) is 1. The normalized spacial score (nSPS) is 12.1. The van der Waals surface area contributed by atoms with Crippen molar-refractivity contribution >= 4 is 23.4 Å². The molecule has 1 amide bonds. The van der Waals surface area contributed by atoms with E-state index in [9.17, 15) is 4.79 Å². The van der Waals surface area contributed by atoms with E-state index >= 15 is 0 Å². The van der Waals surface area contributed by atoms with Gasteiger partial charge < -0.3 is 11.1 Å². The molecule has 2 aromatic rings. The average molecular weight is 306 g/mol. The summed E-state index contributed by atoms with van der Waals surface area (Å²) in [7, 11) is 1.76. The Hall–Kier alpha value is -1.93. The predicted molar refractivity (Wildman–Crippen MR) is 83.8 cm³/mol. The molecule has 0 spiro atoms. The van der Waals surface area contributed by atoms with Crippen LogP contribution in [0, 0.1) is 0 Å². The maximum absolute atomic E-state index is 12.0. The van der Waals surface area contributed by atoms with Crippen LogP contribution < -0.4 is 11.1 Å². The fraction of sp³-hybridized carbons (Fsp3) is 0.385. The standard InChI is InChI=1S/C13H18N6OS/c1-19-12(16-17-18-19)9-4-3-5-10(8-9)15-13(20)11(14)6-7-21-2/h3-5,8,11H,6-7,14H2,1-2H3,(H,15,20)/t11-/m0/s1. The molecule has 7 nitrogen and oxygen atoms in total. The van der Waals surface area contributed by atoms with Crippen LogP contribution in [0.15, 0.2) is 24.3 Å². The van der Waals surface area contributed by atoms with E-state index in [2.05, 4.69) is 20.8 Å². The van der Waals surface area contributed by atoms with Crippen LogP contribution in [-0.4, -0.2) is 44.2 Å². The van der Waals surface area contributed by atoms with Gasteiger partial charge in [0.05, 0.1) is 6.04 Å². The molecule has 0 saturated carbocycles. The van der Waals surface area contributed by atoms with Gasteiger partial charge in [0.2, 0.25) is 5.91 Å². The molecular weight excluding hydrogens is 288 g/mol. The molecule has 1 atom stereocenters. The lowest BCUT2D eigenvalue weighted by atomic mass is 10.1.